The minimum Gasteiger partial charge on any atom is -0.545 e. The molecule has 0 aliphatic rings. The van der Waals surface area contributed by atoms with Gasteiger partial charge >= 0.3 is 11.9 Å². The fourth-order valence-electron chi connectivity index (χ4n) is 11.1. The van der Waals surface area contributed by atoms with Crippen molar-refractivity contribution in [3.8, 4) is 0 Å². The largest absolute Gasteiger partial charge is 0.545 e. The van der Waals surface area contributed by atoms with E-state index in [9.17, 15) is 19.5 Å². The van der Waals surface area contributed by atoms with Crippen molar-refractivity contribution in [3.63, 3.8) is 0 Å². The molecule has 2 unspecified atom stereocenters. The summed E-state index contributed by atoms with van der Waals surface area (Å²) in [6.07, 6.45) is 101. The second-order valence-corrected chi connectivity index (χ2v) is 27.2. The van der Waals surface area contributed by atoms with Gasteiger partial charge in [0, 0.05) is 12.8 Å². The van der Waals surface area contributed by atoms with Crippen LogP contribution in [0.4, 0.5) is 0 Å². The summed E-state index contributed by atoms with van der Waals surface area (Å²) < 4.78 is 22.9. The lowest BCUT2D eigenvalue weighted by Gasteiger charge is -2.26. The summed E-state index contributed by atoms with van der Waals surface area (Å²) in [7, 11) is 5.94. The Hall–Kier alpha value is -4.05. The number of carbonyl (C=O) groups is 3. The van der Waals surface area contributed by atoms with Crippen molar-refractivity contribution in [2.75, 3.05) is 47.5 Å². The van der Waals surface area contributed by atoms with E-state index in [2.05, 4.69) is 123 Å². The first kappa shape index (κ1) is 89.0. The third kappa shape index (κ3) is 75.2. The predicted molar refractivity (Wildman–Crippen MR) is 398 cm³/mol. The molecule has 0 amide bonds. The maximum Gasteiger partial charge on any atom is 0.306 e. The van der Waals surface area contributed by atoms with Crippen LogP contribution < -0.4 is 5.11 Å². The third-order valence-electron chi connectivity index (χ3n) is 17.0. The van der Waals surface area contributed by atoms with Gasteiger partial charge in [-0.25, -0.2) is 0 Å². The monoisotopic (exact) mass is 1300 g/mol. The van der Waals surface area contributed by atoms with Crippen LogP contribution in [0.15, 0.2) is 109 Å². The molecule has 9 nitrogen and oxygen atoms in total. The number of unbranched alkanes of at least 4 members (excludes halogenated alkanes) is 39. The van der Waals surface area contributed by atoms with Crippen LogP contribution in [0.25, 0.3) is 0 Å². The van der Waals surface area contributed by atoms with Crippen LogP contribution in [0.3, 0.4) is 0 Å². The van der Waals surface area contributed by atoms with E-state index in [-0.39, 0.29) is 32.2 Å². The number of carboxylic acid groups (broad SMARTS) is 1. The van der Waals surface area contributed by atoms with Gasteiger partial charge in [0.15, 0.2) is 12.4 Å². The van der Waals surface area contributed by atoms with Gasteiger partial charge in [0.05, 0.1) is 40.3 Å². The highest BCUT2D eigenvalue weighted by molar-refractivity contribution is 5.70. The molecule has 2 atom stereocenters. The number of carbonyl (C=O) groups excluding carboxylic acids is 3. The van der Waals surface area contributed by atoms with Gasteiger partial charge in [0.2, 0.25) is 0 Å². The Morgan fingerprint density at radius 2 is 0.581 bits per heavy atom. The predicted octanol–water partition coefficient (Wildman–Crippen LogP) is 23.6. The molecule has 0 aromatic heterocycles. The maximum atomic E-state index is 13.0. The van der Waals surface area contributed by atoms with E-state index < -0.39 is 24.3 Å². The molecule has 0 radical (unpaired) electrons. The maximum absolute atomic E-state index is 13.0. The molecule has 0 heterocycles. The fraction of sp³-hybridized carbons (Fsp3) is 0.750. The molecule has 93 heavy (non-hydrogen) atoms. The van der Waals surface area contributed by atoms with Crippen LogP contribution >= 0.6 is 0 Å². The Balaban J connectivity index is 3.99. The molecule has 536 valence electrons. The minimum absolute atomic E-state index is 0.146. The van der Waals surface area contributed by atoms with Crippen LogP contribution in [0.5, 0.6) is 0 Å². The number of rotatable bonds is 72. The molecule has 0 aliphatic heterocycles. The highest BCUT2D eigenvalue weighted by Gasteiger charge is 2.22. The fourth-order valence-corrected chi connectivity index (χ4v) is 11.1. The number of hydrogen-bond donors (Lipinski definition) is 0. The molecule has 0 spiro atoms. The number of esters is 2. The number of ether oxygens (including phenoxy) is 4. The molecule has 0 aromatic carbocycles. The van der Waals surface area contributed by atoms with E-state index in [1.165, 1.54) is 218 Å². The van der Waals surface area contributed by atoms with Crippen molar-refractivity contribution in [2.24, 2.45) is 0 Å². The zero-order valence-electron chi connectivity index (χ0n) is 61.4. The molecule has 0 aliphatic carbocycles. The molecule has 0 saturated carbocycles. The van der Waals surface area contributed by atoms with Crippen LogP contribution in [0, 0.1) is 0 Å². The average molecular weight is 1300 g/mol. The van der Waals surface area contributed by atoms with Crippen molar-refractivity contribution in [2.45, 2.75) is 360 Å². The number of nitrogens with zero attached hydrogens (tertiary/aromatic N) is 1. The number of likely N-dealkylation sites (N-methyl/N-ethyl adjacent to an activating group) is 1. The van der Waals surface area contributed by atoms with Gasteiger partial charge < -0.3 is 33.3 Å². The molecular weight excluding hydrogens is 1150 g/mol. The van der Waals surface area contributed by atoms with E-state index in [0.29, 0.717) is 23.9 Å². The summed E-state index contributed by atoms with van der Waals surface area (Å²) in [4.78, 5) is 37.6. The zero-order valence-corrected chi connectivity index (χ0v) is 61.4. The first-order valence-electron chi connectivity index (χ1n) is 39.0. The molecule has 0 bridgehead atoms. The lowest BCUT2D eigenvalue weighted by Crippen LogP contribution is -2.44. The Morgan fingerprint density at radius 3 is 0.860 bits per heavy atom. The van der Waals surface area contributed by atoms with Gasteiger partial charge in [-0.05, 0) is 96.3 Å². The van der Waals surface area contributed by atoms with E-state index >= 15 is 0 Å². The van der Waals surface area contributed by atoms with Gasteiger partial charge in [0.25, 0.3) is 0 Å². The smallest absolute Gasteiger partial charge is 0.306 e. The summed E-state index contributed by atoms with van der Waals surface area (Å²) in [5.41, 5.74) is 0. The number of carboxylic acids is 1. The highest BCUT2D eigenvalue weighted by Crippen LogP contribution is 2.19. The van der Waals surface area contributed by atoms with E-state index in [1.54, 1.807) is 0 Å². The molecule has 0 fully saturated rings. The van der Waals surface area contributed by atoms with E-state index in [4.69, 9.17) is 18.9 Å². The highest BCUT2D eigenvalue weighted by atomic mass is 16.7. The summed E-state index contributed by atoms with van der Waals surface area (Å²) in [5, 5.41) is 11.9. The van der Waals surface area contributed by atoms with E-state index in [1.807, 2.05) is 21.1 Å². The first-order chi connectivity index (χ1) is 45.6. The van der Waals surface area contributed by atoms with Gasteiger partial charge in [0.1, 0.15) is 13.2 Å². The van der Waals surface area contributed by atoms with Crippen molar-refractivity contribution < 1.29 is 42.9 Å². The third-order valence-corrected chi connectivity index (χ3v) is 17.0. The number of allylic oxidation sites excluding steroid dienone is 18. The molecular formula is C84H147NO8. The molecule has 0 saturated heterocycles. The summed E-state index contributed by atoms with van der Waals surface area (Å²) in [6, 6.07) is 0. The quantitative estimate of drug-likeness (QED) is 0.0195. The van der Waals surface area contributed by atoms with Crippen molar-refractivity contribution >= 4 is 17.9 Å². The summed E-state index contributed by atoms with van der Waals surface area (Å²) in [6.45, 7) is 4.56. The van der Waals surface area contributed by atoms with Gasteiger partial charge in [-0.2, -0.15) is 0 Å². The second kappa shape index (κ2) is 73.8. The van der Waals surface area contributed by atoms with Crippen molar-refractivity contribution in [3.05, 3.63) is 109 Å². The Morgan fingerprint density at radius 1 is 0.323 bits per heavy atom. The topological polar surface area (TPSA) is 111 Å². The summed E-state index contributed by atoms with van der Waals surface area (Å²) >= 11 is 0. The number of aliphatic carboxylic acids is 1. The van der Waals surface area contributed by atoms with Crippen LogP contribution in [0.2, 0.25) is 0 Å². The standard InChI is InChI=1S/C84H147NO8/c1-6-8-10-12-14-16-18-20-22-24-26-28-30-32-34-36-37-38-39-40-41-42-43-44-45-47-48-50-52-54-56-58-60-62-64-66-68-70-72-74-81(86)91-78-80(79-92-84(83(88)89)90-77-76-85(3,4)5)93-82(87)75-73-71-69-67-65-63-61-59-57-55-53-51-49-46-35-33-31-29-27-25-23-21-19-17-15-13-11-9-7-2/h8-11,14-17,20-23,26-29,33,35,80,84H,6-7,12-13,18-19,24-25,30-32,34,36-79H2,1-5H3/b10-8-,11-9-,16-14-,17-15-,22-20-,23-21-,28-26-,29-27-,35-33-. The van der Waals surface area contributed by atoms with Crippen LogP contribution in [0.1, 0.15) is 348 Å². The van der Waals surface area contributed by atoms with Crippen molar-refractivity contribution in [1.29, 1.82) is 0 Å². The van der Waals surface area contributed by atoms with E-state index in [0.717, 1.165) is 96.3 Å². The Kier molecular flexibility index (Phi) is 70.5. The molecule has 0 rings (SSSR count). The lowest BCUT2D eigenvalue weighted by molar-refractivity contribution is -0.870. The van der Waals surface area contributed by atoms with Crippen molar-refractivity contribution in [1.82, 2.24) is 0 Å². The second-order valence-electron chi connectivity index (χ2n) is 27.2. The molecule has 0 N–H and O–H groups in total. The number of hydrogen-bond acceptors (Lipinski definition) is 8. The van der Waals surface area contributed by atoms with Gasteiger partial charge in [-0.1, -0.05) is 348 Å². The normalized spacial score (nSPS) is 13.3. The Labute approximate surface area is 575 Å². The SMILES string of the molecule is CC/C=C\C/C=C\C/C=C\C/C=C\C/C=C\CCCCCCCCCCCCCCCC(=O)OC(COC(=O)CCCCCCCCCCCCCCCCCCCCCCCCCCCC/C=C\C/C=C\C/C=C\C/C=C\CC)COC(OCC[N+](C)(C)C)C(=O)[O-]. The van der Waals surface area contributed by atoms with Gasteiger partial charge in [-0.3, -0.25) is 9.59 Å². The van der Waals surface area contributed by atoms with Gasteiger partial charge in [-0.15, -0.1) is 0 Å². The zero-order chi connectivity index (χ0) is 67.5. The molecule has 9 heteroatoms. The lowest BCUT2D eigenvalue weighted by atomic mass is 10.0. The van der Waals surface area contributed by atoms with Crippen LogP contribution in [-0.4, -0.2) is 82.3 Å². The molecule has 0 aromatic rings. The summed E-state index contributed by atoms with van der Waals surface area (Å²) in [5.74, 6) is -2.27. The Bertz CT molecular complexity index is 1900. The van der Waals surface area contributed by atoms with Crippen LogP contribution in [-0.2, 0) is 33.3 Å². The minimum atomic E-state index is -1.63. The average Bonchev–Trinajstić information content (AvgIpc) is 3.74. The number of quaternary nitrogens is 1. The first-order valence-corrected chi connectivity index (χ1v) is 39.0.